The fourth-order valence-electron chi connectivity index (χ4n) is 3.07. The van der Waals surface area contributed by atoms with Crippen LogP contribution in [0.5, 0.6) is 0 Å². The third kappa shape index (κ3) is 3.03. The Hall–Kier alpha value is -1.77. The zero-order valence-corrected chi connectivity index (χ0v) is 12.7. The van der Waals surface area contributed by atoms with E-state index in [1.54, 1.807) is 18.5 Å². The van der Waals surface area contributed by atoms with Gasteiger partial charge in [-0.2, -0.15) is 8.42 Å². The SMILES string of the molecule is O=C1CC(S(=O)(=O)F)CN1C1CCN(c2ncccn2)CC1. The highest BCUT2D eigenvalue weighted by atomic mass is 32.3. The second kappa shape index (κ2) is 5.79. The summed E-state index contributed by atoms with van der Waals surface area (Å²) < 4.78 is 35.0. The number of hydrogen-bond acceptors (Lipinski definition) is 6. The summed E-state index contributed by atoms with van der Waals surface area (Å²) in [5.41, 5.74) is 0. The first kappa shape index (κ1) is 15.1. The Morgan fingerprint density at radius 1 is 1.18 bits per heavy atom. The van der Waals surface area contributed by atoms with Gasteiger partial charge < -0.3 is 9.80 Å². The molecule has 1 aromatic heterocycles. The number of carbonyl (C=O) groups excluding carboxylic acids is 1. The lowest BCUT2D eigenvalue weighted by Gasteiger charge is -2.36. The molecule has 2 aliphatic heterocycles. The van der Waals surface area contributed by atoms with Crippen LogP contribution in [0.4, 0.5) is 9.83 Å². The lowest BCUT2D eigenvalue weighted by Crippen LogP contribution is -2.46. The number of nitrogens with zero attached hydrogens (tertiary/aromatic N) is 4. The first-order valence-electron chi connectivity index (χ1n) is 7.20. The Morgan fingerprint density at radius 2 is 1.82 bits per heavy atom. The maximum Gasteiger partial charge on any atom is 0.307 e. The average molecular weight is 328 g/mol. The van der Waals surface area contributed by atoms with E-state index >= 15 is 0 Å². The summed E-state index contributed by atoms with van der Waals surface area (Å²) in [6, 6.07) is 1.70. The monoisotopic (exact) mass is 328 g/mol. The molecule has 9 heteroatoms. The number of aromatic nitrogens is 2. The summed E-state index contributed by atoms with van der Waals surface area (Å²) in [6.07, 6.45) is 4.50. The second-order valence-corrected chi connectivity index (χ2v) is 7.23. The first-order chi connectivity index (χ1) is 10.4. The van der Waals surface area contributed by atoms with Crippen molar-refractivity contribution in [1.29, 1.82) is 0 Å². The molecule has 0 saturated carbocycles. The molecule has 2 saturated heterocycles. The van der Waals surface area contributed by atoms with Crippen LogP contribution in [0.2, 0.25) is 0 Å². The topological polar surface area (TPSA) is 83.5 Å². The van der Waals surface area contributed by atoms with Gasteiger partial charge in [0.15, 0.2) is 0 Å². The van der Waals surface area contributed by atoms with Gasteiger partial charge in [0, 0.05) is 44.5 Å². The van der Waals surface area contributed by atoms with Crippen molar-refractivity contribution < 1.29 is 17.1 Å². The molecule has 0 aromatic carbocycles. The summed E-state index contributed by atoms with van der Waals surface area (Å²) in [5.74, 6) is 0.374. The Morgan fingerprint density at radius 3 is 2.36 bits per heavy atom. The van der Waals surface area contributed by atoms with Gasteiger partial charge >= 0.3 is 10.2 Å². The molecule has 0 spiro atoms. The van der Waals surface area contributed by atoms with E-state index in [0.29, 0.717) is 31.9 Å². The molecule has 0 radical (unpaired) electrons. The molecule has 0 aliphatic carbocycles. The van der Waals surface area contributed by atoms with Crippen LogP contribution in [0.1, 0.15) is 19.3 Å². The van der Waals surface area contributed by atoms with E-state index in [2.05, 4.69) is 9.97 Å². The summed E-state index contributed by atoms with van der Waals surface area (Å²) >= 11 is 0. The highest BCUT2D eigenvalue weighted by molar-refractivity contribution is 7.87. The van der Waals surface area contributed by atoms with Crippen molar-refractivity contribution in [2.45, 2.75) is 30.6 Å². The highest BCUT2D eigenvalue weighted by Crippen LogP contribution is 2.27. The van der Waals surface area contributed by atoms with Gasteiger partial charge in [0.2, 0.25) is 11.9 Å². The number of piperidine rings is 1. The molecule has 0 N–H and O–H groups in total. The van der Waals surface area contributed by atoms with E-state index < -0.39 is 15.5 Å². The molecule has 1 atom stereocenters. The molecular weight excluding hydrogens is 311 g/mol. The van der Waals surface area contributed by atoms with Crippen LogP contribution < -0.4 is 4.90 Å². The summed E-state index contributed by atoms with van der Waals surface area (Å²) in [7, 11) is -4.65. The number of rotatable bonds is 3. The van der Waals surface area contributed by atoms with Gasteiger partial charge in [0.1, 0.15) is 5.25 Å². The quantitative estimate of drug-likeness (QED) is 0.744. The van der Waals surface area contributed by atoms with Crippen LogP contribution in [0.3, 0.4) is 0 Å². The summed E-state index contributed by atoms with van der Waals surface area (Å²) in [6.45, 7) is 1.33. The molecule has 1 unspecified atom stereocenters. The molecule has 120 valence electrons. The molecule has 1 aromatic rings. The first-order valence-corrected chi connectivity index (χ1v) is 8.65. The van der Waals surface area contributed by atoms with Crippen LogP contribution in [-0.4, -0.2) is 60.1 Å². The Kier molecular flexibility index (Phi) is 3.98. The average Bonchev–Trinajstić information content (AvgIpc) is 2.90. The highest BCUT2D eigenvalue weighted by Gasteiger charge is 2.41. The predicted octanol–water partition coefficient (Wildman–Crippen LogP) is 0.346. The van der Waals surface area contributed by atoms with Gasteiger partial charge in [-0.1, -0.05) is 0 Å². The molecule has 3 heterocycles. The van der Waals surface area contributed by atoms with Gasteiger partial charge in [0.05, 0.1) is 0 Å². The molecule has 1 amide bonds. The van der Waals surface area contributed by atoms with Crippen molar-refractivity contribution in [3.8, 4) is 0 Å². The fourth-order valence-corrected chi connectivity index (χ4v) is 3.75. The standard InChI is InChI=1S/C13H17FN4O3S/c14-22(20,21)11-8-12(19)18(9-11)10-2-6-17(7-3-10)13-15-4-1-5-16-13/h1,4-5,10-11H,2-3,6-9H2. The van der Waals surface area contributed by atoms with Crippen molar-refractivity contribution in [2.75, 3.05) is 24.5 Å². The predicted molar refractivity (Wildman–Crippen MR) is 77.4 cm³/mol. The molecular formula is C13H17FN4O3S. The van der Waals surface area contributed by atoms with Gasteiger partial charge in [-0.05, 0) is 18.9 Å². The van der Waals surface area contributed by atoms with Crippen LogP contribution in [0.15, 0.2) is 18.5 Å². The van der Waals surface area contributed by atoms with E-state index in [9.17, 15) is 17.1 Å². The normalized spacial score (nSPS) is 24.0. The minimum atomic E-state index is -4.65. The number of carbonyl (C=O) groups is 1. The number of hydrogen-bond donors (Lipinski definition) is 0. The Balaban J connectivity index is 1.61. The van der Waals surface area contributed by atoms with E-state index in [0.717, 1.165) is 0 Å². The van der Waals surface area contributed by atoms with Crippen molar-refractivity contribution >= 4 is 22.1 Å². The molecule has 2 fully saturated rings. The maximum atomic E-state index is 13.1. The molecule has 2 aliphatic rings. The second-order valence-electron chi connectivity index (χ2n) is 5.61. The van der Waals surface area contributed by atoms with E-state index in [1.165, 1.54) is 4.90 Å². The van der Waals surface area contributed by atoms with Crippen molar-refractivity contribution in [1.82, 2.24) is 14.9 Å². The summed E-state index contributed by atoms with van der Waals surface area (Å²) in [4.78, 5) is 23.9. The minimum Gasteiger partial charge on any atom is -0.341 e. The molecule has 22 heavy (non-hydrogen) atoms. The number of likely N-dealkylation sites (tertiary alicyclic amines) is 1. The molecule has 7 nitrogen and oxygen atoms in total. The van der Waals surface area contributed by atoms with Crippen molar-refractivity contribution in [3.63, 3.8) is 0 Å². The van der Waals surface area contributed by atoms with Gasteiger partial charge in [-0.25, -0.2) is 9.97 Å². The van der Waals surface area contributed by atoms with Crippen LogP contribution in [0.25, 0.3) is 0 Å². The van der Waals surface area contributed by atoms with Gasteiger partial charge in [-0.3, -0.25) is 4.79 Å². The Bertz CT molecular complexity index is 647. The lowest BCUT2D eigenvalue weighted by molar-refractivity contribution is -0.130. The third-order valence-electron chi connectivity index (χ3n) is 4.26. The largest absolute Gasteiger partial charge is 0.341 e. The smallest absolute Gasteiger partial charge is 0.307 e. The number of anilines is 1. The van der Waals surface area contributed by atoms with Crippen molar-refractivity contribution in [2.24, 2.45) is 0 Å². The lowest BCUT2D eigenvalue weighted by atomic mass is 10.0. The van der Waals surface area contributed by atoms with Crippen LogP contribution >= 0.6 is 0 Å². The zero-order valence-electron chi connectivity index (χ0n) is 11.9. The molecule has 0 bridgehead atoms. The minimum absolute atomic E-state index is 0.0375. The molecule has 3 rings (SSSR count). The van der Waals surface area contributed by atoms with Gasteiger partial charge in [0.25, 0.3) is 0 Å². The van der Waals surface area contributed by atoms with Crippen LogP contribution in [-0.2, 0) is 15.0 Å². The maximum absolute atomic E-state index is 13.1. The van der Waals surface area contributed by atoms with Crippen molar-refractivity contribution in [3.05, 3.63) is 18.5 Å². The van der Waals surface area contributed by atoms with E-state index in [1.807, 2.05) is 4.90 Å². The number of amides is 1. The third-order valence-corrected chi connectivity index (χ3v) is 5.37. The Labute approximate surface area is 128 Å². The van der Waals surface area contributed by atoms with E-state index in [4.69, 9.17) is 0 Å². The zero-order chi connectivity index (χ0) is 15.7. The summed E-state index contributed by atoms with van der Waals surface area (Å²) in [5, 5.41) is -1.21. The van der Waals surface area contributed by atoms with Gasteiger partial charge in [-0.15, -0.1) is 3.89 Å². The number of halogens is 1. The van der Waals surface area contributed by atoms with E-state index in [-0.39, 0.29) is 24.9 Å². The fraction of sp³-hybridized carbons (Fsp3) is 0.615. The van der Waals surface area contributed by atoms with Crippen LogP contribution in [0, 0.1) is 0 Å².